The molecule has 6 heteroatoms. The van der Waals surface area contributed by atoms with Gasteiger partial charge in [0.05, 0.1) is 5.69 Å². The first-order valence-electron chi connectivity index (χ1n) is 9.28. The Morgan fingerprint density at radius 2 is 1.79 bits per heavy atom. The van der Waals surface area contributed by atoms with Gasteiger partial charge in [0.25, 0.3) is 5.91 Å². The number of hydrogen-bond donors (Lipinski definition) is 1. The molecule has 1 heterocycles. The van der Waals surface area contributed by atoms with Crippen LogP contribution in [0.5, 0.6) is 0 Å². The fraction of sp³-hybridized carbons (Fsp3) is 0.227. The molecule has 28 heavy (non-hydrogen) atoms. The Morgan fingerprint density at radius 1 is 1.07 bits per heavy atom. The SMILES string of the molecule is Cc1ccccc1-n1nc(C(=O)OC(C(N)=O)c2ccccc2)c2c1CCC2. The lowest BCUT2D eigenvalue weighted by Gasteiger charge is -2.14. The molecule has 6 nitrogen and oxygen atoms in total. The Morgan fingerprint density at radius 3 is 2.50 bits per heavy atom. The number of primary amides is 1. The van der Waals surface area contributed by atoms with Crippen molar-refractivity contribution >= 4 is 11.9 Å². The van der Waals surface area contributed by atoms with Crippen molar-refractivity contribution in [3.8, 4) is 5.69 Å². The van der Waals surface area contributed by atoms with E-state index in [-0.39, 0.29) is 5.69 Å². The lowest BCUT2D eigenvalue weighted by molar-refractivity contribution is -0.127. The lowest BCUT2D eigenvalue weighted by atomic mass is 10.1. The first-order chi connectivity index (χ1) is 13.6. The number of carbonyl (C=O) groups is 2. The molecule has 1 unspecified atom stereocenters. The number of ether oxygens (including phenoxy) is 1. The predicted molar refractivity (Wildman–Crippen MR) is 104 cm³/mol. The summed E-state index contributed by atoms with van der Waals surface area (Å²) < 4.78 is 7.33. The van der Waals surface area contributed by atoms with Gasteiger partial charge >= 0.3 is 5.97 Å². The van der Waals surface area contributed by atoms with Gasteiger partial charge in [-0.2, -0.15) is 5.10 Å². The Kier molecular flexibility index (Phi) is 4.69. The summed E-state index contributed by atoms with van der Waals surface area (Å²) in [6.45, 7) is 2.01. The van der Waals surface area contributed by atoms with Crippen molar-refractivity contribution in [2.45, 2.75) is 32.3 Å². The zero-order chi connectivity index (χ0) is 19.7. The lowest BCUT2D eigenvalue weighted by Crippen LogP contribution is -2.26. The third-order valence-electron chi connectivity index (χ3n) is 5.05. The van der Waals surface area contributed by atoms with Gasteiger partial charge < -0.3 is 10.5 Å². The molecule has 1 aromatic heterocycles. The van der Waals surface area contributed by atoms with E-state index in [2.05, 4.69) is 5.10 Å². The van der Waals surface area contributed by atoms with Gasteiger partial charge in [-0.25, -0.2) is 9.48 Å². The van der Waals surface area contributed by atoms with Crippen molar-refractivity contribution in [1.82, 2.24) is 9.78 Å². The minimum absolute atomic E-state index is 0.262. The van der Waals surface area contributed by atoms with Crippen molar-refractivity contribution in [2.24, 2.45) is 5.73 Å². The van der Waals surface area contributed by atoms with Crippen molar-refractivity contribution in [2.75, 3.05) is 0 Å². The van der Waals surface area contributed by atoms with E-state index in [4.69, 9.17) is 10.5 Å². The largest absolute Gasteiger partial charge is 0.443 e. The third-order valence-corrected chi connectivity index (χ3v) is 5.05. The van der Waals surface area contributed by atoms with Gasteiger partial charge in [0.2, 0.25) is 6.10 Å². The van der Waals surface area contributed by atoms with Gasteiger partial charge in [-0.3, -0.25) is 4.79 Å². The van der Waals surface area contributed by atoms with Crippen LogP contribution in [0.2, 0.25) is 0 Å². The van der Waals surface area contributed by atoms with Crippen LogP contribution in [0.1, 0.15) is 45.4 Å². The summed E-state index contributed by atoms with van der Waals surface area (Å²) in [5.74, 6) is -1.34. The molecule has 1 atom stereocenters. The average molecular weight is 375 g/mol. The summed E-state index contributed by atoms with van der Waals surface area (Å²) in [6, 6.07) is 16.7. The highest BCUT2D eigenvalue weighted by atomic mass is 16.5. The van der Waals surface area contributed by atoms with Gasteiger partial charge in [-0.05, 0) is 37.8 Å². The quantitative estimate of drug-likeness (QED) is 0.695. The van der Waals surface area contributed by atoms with Crippen LogP contribution in [0.4, 0.5) is 0 Å². The molecule has 3 aromatic rings. The van der Waals surface area contributed by atoms with Gasteiger partial charge in [-0.15, -0.1) is 0 Å². The fourth-order valence-electron chi connectivity index (χ4n) is 3.68. The highest BCUT2D eigenvalue weighted by Crippen LogP contribution is 2.30. The second-order valence-electron chi connectivity index (χ2n) is 6.92. The monoisotopic (exact) mass is 375 g/mol. The maximum Gasteiger partial charge on any atom is 0.360 e. The third kappa shape index (κ3) is 3.17. The second-order valence-corrected chi connectivity index (χ2v) is 6.92. The molecule has 1 amide bonds. The number of amides is 1. The smallest absolute Gasteiger partial charge is 0.360 e. The summed E-state index contributed by atoms with van der Waals surface area (Å²) in [5.41, 5.74) is 10.2. The van der Waals surface area contributed by atoms with Crippen molar-refractivity contribution in [3.63, 3.8) is 0 Å². The molecule has 0 spiro atoms. The number of hydrogen-bond acceptors (Lipinski definition) is 4. The topological polar surface area (TPSA) is 87.2 Å². The second kappa shape index (κ2) is 7.31. The Bertz CT molecular complexity index is 1040. The molecule has 0 bridgehead atoms. The molecule has 0 fully saturated rings. The van der Waals surface area contributed by atoms with Crippen LogP contribution in [0.15, 0.2) is 54.6 Å². The molecule has 2 N–H and O–H groups in total. The number of para-hydroxylation sites is 1. The van der Waals surface area contributed by atoms with E-state index in [0.29, 0.717) is 5.56 Å². The summed E-state index contributed by atoms with van der Waals surface area (Å²) >= 11 is 0. The number of aromatic nitrogens is 2. The van der Waals surface area contributed by atoms with Crippen LogP contribution in [0, 0.1) is 6.92 Å². The molecular formula is C22H21N3O3. The molecule has 0 radical (unpaired) electrons. The van der Waals surface area contributed by atoms with Crippen LogP contribution < -0.4 is 5.73 Å². The van der Waals surface area contributed by atoms with Crippen LogP contribution in [0.25, 0.3) is 5.69 Å². The molecule has 0 aliphatic heterocycles. The van der Waals surface area contributed by atoms with Crippen molar-refractivity contribution < 1.29 is 14.3 Å². The number of fused-ring (bicyclic) bond motifs is 1. The average Bonchev–Trinajstić information content (AvgIpc) is 3.30. The molecule has 1 aliphatic rings. The van der Waals surface area contributed by atoms with E-state index in [1.165, 1.54) is 0 Å². The molecule has 4 rings (SSSR count). The van der Waals surface area contributed by atoms with Crippen LogP contribution >= 0.6 is 0 Å². The highest BCUT2D eigenvalue weighted by molar-refractivity contribution is 5.92. The fourth-order valence-corrected chi connectivity index (χ4v) is 3.68. The number of nitrogens with two attached hydrogens (primary N) is 1. The van der Waals surface area contributed by atoms with Crippen molar-refractivity contribution in [3.05, 3.63) is 82.7 Å². The van der Waals surface area contributed by atoms with E-state index < -0.39 is 18.0 Å². The van der Waals surface area contributed by atoms with Crippen LogP contribution in [0.3, 0.4) is 0 Å². The maximum atomic E-state index is 12.9. The Hall–Kier alpha value is -3.41. The van der Waals surface area contributed by atoms with Gasteiger partial charge in [0.15, 0.2) is 5.69 Å². The minimum Gasteiger partial charge on any atom is -0.443 e. The van der Waals surface area contributed by atoms with E-state index in [1.807, 2.05) is 41.9 Å². The van der Waals surface area contributed by atoms with E-state index >= 15 is 0 Å². The number of carbonyl (C=O) groups excluding carboxylic acids is 2. The van der Waals surface area contributed by atoms with Crippen molar-refractivity contribution in [1.29, 1.82) is 0 Å². The number of rotatable bonds is 5. The first-order valence-corrected chi connectivity index (χ1v) is 9.28. The number of aryl methyl sites for hydroxylation is 1. The van der Waals surface area contributed by atoms with E-state index in [9.17, 15) is 9.59 Å². The molecule has 2 aromatic carbocycles. The first kappa shape index (κ1) is 18.0. The summed E-state index contributed by atoms with van der Waals surface area (Å²) in [7, 11) is 0. The van der Waals surface area contributed by atoms with Gasteiger partial charge in [0, 0.05) is 16.8 Å². The number of esters is 1. The Balaban J connectivity index is 1.70. The minimum atomic E-state index is -1.14. The zero-order valence-electron chi connectivity index (χ0n) is 15.6. The number of benzene rings is 2. The van der Waals surface area contributed by atoms with Gasteiger partial charge in [-0.1, -0.05) is 48.5 Å². The Labute approximate surface area is 162 Å². The van der Waals surface area contributed by atoms with Crippen LogP contribution in [-0.2, 0) is 22.4 Å². The molecule has 0 saturated carbocycles. The van der Waals surface area contributed by atoms with E-state index in [1.54, 1.807) is 24.3 Å². The summed E-state index contributed by atoms with van der Waals surface area (Å²) in [4.78, 5) is 24.8. The maximum absolute atomic E-state index is 12.9. The molecule has 1 aliphatic carbocycles. The predicted octanol–water partition coefficient (Wildman–Crippen LogP) is 3.05. The van der Waals surface area contributed by atoms with E-state index in [0.717, 1.165) is 41.8 Å². The van der Waals surface area contributed by atoms with Gasteiger partial charge in [0.1, 0.15) is 0 Å². The zero-order valence-corrected chi connectivity index (χ0v) is 15.6. The summed E-state index contributed by atoms with van der Waals surface area (Å²) in [5, 5.41) is 4.56. The molecule has 0 saturated heterocycles. The number of nitrogens with zero attached hydrogens (tertiary/aromatic N) is 2. The molecular weight excluding hydrogens is 354 g/mol. The normalized spacial score (nSPS) is 13.8. The molecule has 142 valence electrons. The highest BCUT2D eigenvalue weighted by Gasteiger charge is 2.31. The standard InChI is InChI=1S/C22H21N3O3/c1-14-8-5-6-12-17(14)25-18-13-7-11-16(18)19(24-25)22(27)28-20(21(23)26)15-9-3-2-4-10-15/h2-6,8-10,12,20H,7,11,13H2,1H3,(H2,23,26). The summed E-state index contributed by atoms with van der Waals surface area (Å²) in [6.07, 6.45) is 1.42. The van der Waals surface area contributed by atoms with Crippen LogP contribution in [-0.4, -0.2) is 21.7 Å².